The zero-order valence-electron chi connectivity index (χ0n) is 22.0. The van der Waals surface area contributed by atoms with Gasteiger partial charge >= 0.3 is 5.97 Å². The summed E-state index contributed by atoms with van der Waals surface area (Å²) in [6.07, 6.45) is 8.39. The van der Waals surface area contributed by atoms with Crippen molar-refractivity contribution in [2.24, 2.45) is 17.4 Å². The molecule has 206 valence electrons. The molecule has 1 aromatic heterocycles. The lowest BCUT2D eigenvalue weighted by molar-refractivity contribution is -0.152. The van der Waals surface area contributed by atoms with E-state index in [-0.39, 0.29) is 29.8 Å². The van der Waals surface area contributed by atoms with Gasteiger partial charge in [0.05, 0.1) is 12.6 Å². The van der Waals surface area contributed by atoms with Gasteiger partial charge < -0.3 is 21.5 Å². The summed E-state index contributed by atoms with van der Waals surface area (Å²) in [5.74, 6) is -2.42. The third kappa shape index (κ3) is 6.10. The Morgan fingerprint density at radius 1 is 1.24 bits per heavy atom. The number of carboxylic acid groups (broad SMARTS) is 1. The molecule has 10 nitrogen and oxygen atoms in total. The minimum absolute atomic E-state index is 0.116. The highest BCUT2D eigenvalue weighted by Gasteiger charge is 2.61. The highest BCUT2D eigenvalue weighted by molar-refractivity contribution is 7.13. The van der Waals surface area contributed by atoms with Crippen LogP contribution in [0.4, 0.5) is 0 Å². The van der Waals surface area contributed by atoms with Gasteiger partial charge in [0.2, 0.25) is 11.7 Å². The minimum Gasteiger partial charge on any atom is -0.480 e. The molecule has 1 aromatic rings. The van der Waals surface area contributed by atoms with Crippen LogP contribution in [0.3, 0.4) is 0 Å². The van der Waals surface area contributed by atoms with E-state index in [9.17, 15) is 19.2 Å². The summed E-state index contributed by atoms with van der Waals surface area (Å²) in [6, 6.07) is -0.799. The lowest BCUT2D eigenvalue weighted by Crippen LogP contribution is -2.70. The van der Waals surface area contributed by atoms with Crippen LogP contribution in [0.2, 0.25) is 0 Å². The number of carbonyl (C=O) groups is 4. The number of carboxylic acids is 1. The number of aliphatic carboxylic acids is 1. The van der Waals surface area contributed by atoms with Crippen LogP contribution in [0.25, 0.3) is 0 Å². The number of rotatable bonds is 13. The number of unbranched alkanes of at least 4 members (excludes halogenated alkanes) is 1. The molecule has 0 bridgehead atoms. The zero-order valence-corrected chi connectivity index (χ0v) is 22.8. The Balaban J connectivity index is 2.06. The smallest absolute Gasteiger partial charge is 0.317 e. The molecule has 11 heteroatoms. The van der Waals surface area contributed by atoms with Gasteiger partial charge in [0.15, 0.2) is 10.8 Å². The number of nitrogens with one attached hydrogen (secondary N) is 1. The van der Waals surface area contributed by atoms with Crippen molar-refractivity contribution in [3.63, 3.8) is 0 Å². The maximum atomic E-state index is 14.8. The number of likely N-dealkylation sites (tertiary alicyclic amines) is 1. The fourth-order valence-electron chi connectivity index (χ4n) is 6.05. The lowest BCUT2D eigenvalue weighted by atomic mass is 9.65. The lowest BCUT2D eigenvalue weighted by Gasteiger charge is -2.48. The zero-order chi connectivity index (χ0) is 27.2. The van der Waals surface area contributed by atoms with Crippen LogP contribution in [0.15, 0.2) is 6.20 Å². The number of nitrogens with zero attached hydrogens (tertiary/aromatic N) is 2. The Bertz CT molecular complexity index is 994. The number of Topliss-reactive ketones (excluding diaryl/α,β-unsaturated/α-hetero) is 2. The molecule has 37 heavy (non-hydrogen) atoms. The molecule has 0 unspecified atom stereocenters. The van der Waals surface area contributed by atoms with Gasteiger partial charge in [0, 0.05) is 17.6 Å². The van der Waals surface area contributed by atoms with Crippen molar-refractivity contribution in [1.29, 1.82) is 0 Å². The van der Waals surface area contributed by atoms with Crippen molar-refractivity contribution in [1.82, 2.24) is 15.2 Å². The Hall–Kier alpha value is -2.21. The third-order valence-corrected chi connectivity index (χ3v) is 8.85. The molecule has 3 atom stereocenters. The number of carbonyl (C=O) groups excluding carboxylic acids is 3. The molecule has 1 amide bonds. The van der Waals surface area contributed by atoms with Crippen molar-refractivity contribution < 1.29 is 24.3 Å². The van der Waals surface area contributed by atoms with E-state index in [2.05, 4.69) is 10.3 Å². The molecule has 3 rings (SSSR count). The number of hydrogen-bond donors (Lipinski definition) is 4. The van der Waals surface area contributed by atoms with Crippen LogP contribution in [0.5, 0.6) is 0 Å². The van der Waals surface area contributed by atoms with Gasteiger partial charge in [-0.2, -0.15) is 0 Å². The van der Waals surface area contributed by atoms with Crippen LogP contribution < -0.4 is 16.8 Å². The molecule has 1 aliphatic heterocycles. The van der Waals surface area contributed by atoms with Crippen molar-refractivity contribution in [3.8, 4) is 0 Å². The average molecular weight is 536 g/mol. The van der Waals surface area contributed by atoms with Crippen LogP contribution in [0, 0.1) is 12.8 Å². The highest BCUT2D eigenvalue weighted by Crippen LogP contribution is 2.46. The summed E-state index contributed by atoms with van der Waals surface area (Å²) in [6.45, 7) is 3.87. The van der Waals surface area contributed by atoms with Crippen LogP contribution in [-0.4, -0.2) is 75.2 Å². The predicted octanol–water partition coefficient (Wildman–Crippen LogP) is 2.03. The molecular formula is C26H41N5O5S. The first-order valence-corrected chi connectivity index (χ1v) is 14.2. The van der Waals surface area contributed by atoms with Gasteiger partial charge in [-0.15, -0.1) is 11.3 Å². The molecule has 0 spiro atoms. The number of aromatic nitrogens is 1. The second kappa shape index (κ2) is 12.6. The number of aryl methyl sites for hydroxylation is 1. The summed E-state index contributed by atoms with van der Waals surface area (Å²) in [5, 5.41) is 12.0. The van der Waals surface area contributed by atoms with E-state index >= 15 is 0 Å². The van der Waals surface area contributed by atoms with E-state index in [4.69, 9.17) is 16.6 Å². The molecule has 1 saturated heterocycles. The monoisotopic (exact) mass is 535 g/mol. The molecule has 1 saturated carbocycles. The molecule has 2 aliphatic rings. The van der Waals surface area contributed by atoms with Crippen LogP contribution in [-0.2, 0) is 14.4 Å². The second-order valence-corrected chi connectivity index (χ2v) is 11.7. The number of ketones is 2. The van der Waals surface area contributed by atoms with Crippen molar-refractivity contribution in [3.05, 3.63) is 16.1 Å². The van der Waals surface area contributed by atoms with Gasteiger partial charge in [-0.05, 0) is 71.3 Å². The van der Waals surface area contributed by atoms with Gasteiger partial charge in [0.25, 0.3) is 0 Å². The van der Waals surface area contributed by atoms with E-state index in [1.165, 1.54) is 11.3 Å². The molecule has 2 heterocycles. The SMILES string of the molecule is Cc1cnc(C(=O)[C@@](N)(CCCCN)C(=O)[C@]2(C3CCCCC3)CCCN2C(=O)[C@H](C)NCC(=O)O)s1. The first-order valence-electron chi connectivity index (χ1n) is 13.4. The summed E-state index contributed by atoms with van der Waals surface area (Å²) >= 11 is 1.21. The van der Waals surface area contributed by atoms with E-state index < -0.39 is 34.7 Å². The molecule has 0 radical (unpaired) electrons. The van der Waals surface area contributed by atoms with Crippen LogP contribution in [0.1, 0.15) is 85.8 Å². The number of nitrogens with two attached hydrogens (primary N) is 2. The Morgan fingerprint density at radius 3 is 2.54 bits per heavy atom. The normalized spacial score (nSPS) is 23.0. The van der Waals surface area contributed by atoms with E-state index in [1.54, 1.807) is 18.0 Å². The van der Waals surface area contributed by atoms with Crippen LogP contribution >= 0.6 is 11.3 Å². The number of amides is 1. The van der Waals surface area contributed by atoms with Crippen molar-refractivity contribution in [2.75, 3.05) is 19.6 Å². The second-order valence-electron chi connectivity index (χ2n) is 10.5. The Kier molecular flexibility index (Phi) is 9.96. The predicted molar refractivity (Wildman–Crippen MR) is 141 cm³/mol. The fraction of sp³-hybridized carbons (Fsp3) is 0.731. The van der Waals surface area contributed by atoms with Gasteiger partial charge in [0.1, 0.15) is 11.1 Å². The molecule has 6 N–H and O–H groups in total. The van der Waals surface area contributed by atoms with Gasteiger partial charge in [-0.1, -0.05) is 19.3 Å². The van der Waals surface area contributed by atoms with Gasteiger partial charge in [-0.25, -0.2) is 4.98 Å². The third-order valence-electron chi connectivity index (χ3n) is 7.94. The average Bonchev–Trinajstić information content (AvgIpc) is 3.53. The van der Waals surface area contributed by atoms with E-state index in [1.807, 2.05) is 6.92 Å². The van der Waals surface area contributed by atoms with Crippen molar-refractivity contribution in [2.45, 2.75) is 95.2 Å². The maximum absolute atomic E-state index is 14.8. The van der Waals surface area contributed by atoms with Gasteiger partial charge in [-0.3, -0.25) is 24.5 Å². The standard InChI is InChI=1S/C26H41N5O5S/c1-17-15-30-22(37-17)21(34)25(28,11-6-7-13-27)24(36)26(19-9-4-3-5-10-19)12-8-14-31(26)23(35)18(2)29-16-20(32)33/h15,18-19,29H,3-14,16,27-28H2,1-2H3,(H,32,33)/t18-,25-,26+/m0/s1. The summed E-state index contributed by atoms with van der Waals surface area (Å²) in [4.78, 5) is 60.2. The largest absolute Gasteiger partial charge is 0.480 e. The Morgan fingerprint density at radius 2 is 1.95 bits per heavy atom. The quantitative estimate of drug-likeness (QED) is 0.168. The first kappa shape index (κ1) is 29.3. The minimum atomic E-state index is -1.84. The van der Waals surface area contributed by atoms with Crippen molar-refractivity contribution >= 4 is 34.8 Å². The Labute approximate surface area is 222 Å². The molecule has 1 aliphatic carbocycles. The molecular weight excluding hydrogens is 494 g/mol. The topological polar surface area (TPSA) is 169 Å². The van der Waals surface area contributed by atoms with E-state index in [0.29, 0.717) is 38.8 Å². The molecule has 0 aromatic carbocycles. The summed E-state index contributed by atoms with van der Waals surface area (Å²) in [5.41, 5.74) is 9.53. The number of thiazole rings is 1. The summed E-state index contributed by atoms with van der Waals surface area (Å²) < 4.78 is 0. The number of hydrogen-bond acceptors (Lipinski definition) is 9. The molecule has 2 fully saturated rings. The first-order chi connectivity index (χ1) is 17.6. The van der Waals surface area contributed by atoms with E-state index in [0.717, 1.165) is 37.0 Å². The maximum Gasteiger partial charge on any atom is 0.317 e. The fourth-order valence-corrected chi connectivity index (χ4v) is 6.84. The summed E-state index contributed by atoms with van der Waals surface area (Å²) in [7, 11) is 0. The highest BCUT2D eigenvalue weighted by atomic mass is 32.1.